The van der Waals surface area contributed by atoms with Gasteiger partial charge in [0.2, 0.25) is 11.8 Å². The number of fused-ring (bicyclic) bond motifs is 1. The SMILES string of the molecule is CC(=O)N1CCNC(=O)C1.CCc1cc(C2CC2)cc2c(Cl)c(C)nn12. The van der Waals surface area contributed by atoms with E-state index in [-0.39, 0.29) is 18.4 Å². The molecule has 1 saturated carbocycles. The van der Waals surface area contributed by atoms with Crippen LogP contribution >= 0.6 is 11.6 Å². The second-order valence-electron chi connectivity index (χ2n) is 6.89. The van der Waals surface area contributed by atoms with Gasteiger partial charge in [0.1, 0.15) is 0 Å². The summed E-state index contributed by atoms with van der Waals surface area (Å²) in [7, 11) is 0. The number of pyridine rings is 1. The van der Waals surface area contributed by atoms with E-state index in [4.69, 9.17) is 11.6 Å². The molecule has 2 amide bonds. The largest absolute Gasteiger partial charge is 0.353 e. The number of hydrogen-bond donors (Lipinski definition) is 1. The minimum atomic E-state index is -0.0681. The number of aromatic nitrogens is 2. The van der Waals surface area contributed by atoms with E-state index in [1.165, 1.54) is 35.9 Å². The Morgan fingerprint density at radius 1 is 1.38 bits per heavy atom. The van der Waals surface area contributed by atoms with Gasteiger partial charge in [-0.25, -0.2) is 4.52 Å². The van der Waals surface area contributed by atoms with E-state index in [1.54, 1.807) is 0 Å². The number of aryl methyl sites for hydroxylation is 2. The first kappa shape index (κ1) is 18.7. The Hall–Kier alpha value is -2.08. The summed E-state index contributed by atoms with van der Waals surface area (Å²) in [6.45, 7) is 7.04. The lowest BCUT2D eigenvalue weighted by Crippen LogP contribution is -2.49. The number of piperazine rings is 1. The van der Waals surface area contributed by atoms with Gasteiger partial charge in [-0.2, -0.15) is 5.10 Å². The Morgan fingerprint density at radius 2 is 2.12 bits per heavy atom. The molecule has 0 atom stereocenters. The van der Waals surface area contributed by atoms with Gasteiger partial charge in [-0.15, -0.1) is 0 Å². The topological polar surface area (TPSA) is 66.7 Å². The van der Waals surface area contributed by atoms with Crippen molar-refractivity contribution < 1.29 is 9.59 Å². The molecule has 2 aliphatic rings. The lowest BCUT2D eigenvalue weighted by atomic mass is 10.1. The number of halogens is 1. The molecule has 0 unspecified atom stereocenters. The van der Waals surface area contributed by atoms with Crippen molar-refractivity contribution in [3.63, 3.8) is 0 Å². The van der Waals surface area contributed by atoms with E-state index >= 15 is 0 Å². The summed E-state index contributed by atoms with van der Waals surface area (Å²) in [6.07, 6.45) is 3.64. The lowest BCUT2D eigenvalue weighted by molar-refractivity contribution is -0.136. The van der Waals surface area contributed by atoms with Gasteiger partial charge in [0.05, 0.1) is 22.8 Å². The van der Waals surface area contributed by atoms with Crippen LogP contribution in [0, 0.1) is 6.92 Å². The molecule has 0 spiro atoms. The molecule has 2 aromatic heterocycles. The van der Waals surface area contributed by atoms with E-state index in [2.05, 4.69) is 29.5 Å². The number of amides is 2. The van der Waals surface area contributed by atoms with Crippen molar-refractivity contribution >= 4 is 28.9 Å². The number of nitrogens with one attached hydrogen (secondary N) is 1. The second-order valence-corrected chi connectivity index (χ2v) is 7.27. The lowest BCUT2D eigenvalue weighted by Gasteiger charge is -2.25. The molecule has 140 valence electrons. The molecule has 0 bridgehead atoms. The minimum Gasteiger partial charge on any atom is -0.353 e. The monoisotopic (exact) mass is 376 g/mol. The van der Waals surface area contributed by atoms with E-state index in [0.717, 1.165) is 28.6 Å². The van der Waals surface area contributed by atoms with Crippen LogP contribution in [-0.4, -0.2) is 46.0 Å². The maximum atomic E-state index is 10.7. The van der Waals surface area contributed by atoms with Crippen LogP contribution in [0.3, 0.4) is 0 Å². The van der Waals surface area contributed by atoms with Crippen LogP contribution in [0.1, 0.15) is 49.6 Å². The van der Waals surface area contributed by atoms with Crippen LogP contribution in [-0.2, 0) is 16.0 Å². The molecule has 2 aromatic rings. The maximum Gasteiger partial charge on any atom is 0.239 e. The summed E-state index contributed by atoms with van der Waals surface area (Å²) in [5.74, 6) is 0.665. The van der Waals surface area contributed by atoms with Crippen molar-refractivity contribution in [2.24, 2.45) is 0 Å². The number of nitrogens with zero attached hydrogens (tertiary/aromatic N) is 3. The molecule has 1 aliphatic heterocycles. The zero-order valence-corrected chi connectivity index (χ0v) is 16.3. The van der Waals surface area contributed by atoms with Gasteiger partial charge in [0, 0.05) is 25.7 Å². The minimum absolute atomic E-state index is 0.0325. The van der Waals surface area contributed by atoms with Crippen LogP contribution < -0.4 is 5.32 Å². The summed E-state index contributed by atoms with van der Waals surface area (Å²) in [6, 6.07) is 4.49. The van der Waals surface area contributed by atoms with Crippen LogP contribution in [0.15, 0.2) is 12.1 Å². The van der Waals surface area contributed by atoms with Gasteiger partial charge in [0.25, 0.3) is 0 Å². The average molecular weight is 377 g/mol. The average Bonchev–Trinajstić information content (AvgIpc) is 3.42. The highest BCUT2D eigenvalue weighted by atomic mass is 35.5. The molecule has 3 heterocycles. The van der Waals surface area contributed by atoms with Crippen LogP contribution in [0.25, 0.3) is 5.52 Å². The molecule has 2 fully saturated rings. The standard InChI is InChI=1S/C13H15ClN2.C6H10N2O2/c1-3-11-6-10(9-4-5-9)7-12-13(14)8(2)15-16(11)12;1-5(9)8-3-2-7-6(10)4-8/h6-7,9H,3-5H2,1-2H3;2-4H2,1H3,(H,7,10). The third-order valence-electron chi connectivity index (χ3n) is 4.82. The van der Waals surface area contributed by atoms with Crippen LogP contribution in [0.2, 0.25) is 5.02 Å². The predicted molar refractivity (Wildman–Crippen MR) is 102 cm³/mol. The van der Waals surface area contributed by atoms with E-state index in [9.17, 15) is 9.59 Å². The normalized spacial score (nSPS) is 16.9. The Kier molecular flexibility index (Phi) is 5.51. The highest BCUT2D eigenvalue weighted by Gasteiger charge is 2.25. The summed E-state index contributed by atoms with van der Waals surface area (Å²) in [4.78, 5) is 22.9. The van der Waals surface area contributed by atoms with Gasteiger partial charge < -0.3 is 10.2 Å². The van der Waals surface area contributed by atoms with E-state index in [0.29, 0.717) is 13.1 Å². The molecular weight excluding hydrogens is 352 g/mol. The summed E-state index contributed by atoms with van der Waals surface area (Å²) in [5.41, 5.74) is 4.69. The molecular formula is C19H25ClN4O2. The van der Waals surface area contributed by atoms with E-state index < -0.39 is 0 Å². The Morgan fingerprint density at radius 3 is 2.65 bits per heavy atom. The van der Waals surface area contributed by atoms with Crippen LogP contribution in [0.4, 0.5) is 0 Å². The second kappa shape index (κ2) is 7.66. The molecule has 0 aromatic carbocycles. The summed E-state index contributed by atoms with van der Waals surface area (Å²) < 4.78 is 1.99. The van der Waals surface area contributed by atoms with Gasteiger partial charge in [-0.1, -0.05) is 18.5 Å². The zero-order chi connectivity index (χ0) is 18.8. The van der Waals surface area contributed by atoms with Gasteiger partial charge in [-0.3, -0.25) is 9.59 Å². The van der Waals surface area contributed by atoms with Crippen molar-refractivity contribution in [2.75, 3.05) is 19.6 Å². The summed E-state index contributed by atoms with van der Waals surface area (Å²) in [5, 5.41) is 7.93. The molecule has 0 radical (unpaired) electrons. The van der Waals surface area contributed by atoms with Crippen molar-refractivity contribution in [2.45, 2.75) is 46.0 Å². The molecule has 7 heteroatoms. The maximum absolute atomic E-state index is 10.7. The number of hydrogen-bond acceptors (Lipinski definition) is 3. The van der Waals surface area contributed by atoms with Crippen molar-refractivity contribution in [1.29, 1.82) is 0 Å². The molecule has 6 nitrogen and oxygen atoms in total. The highest BCUT2D eigenvalue weighted by molar-refractivity contribution is 6.34. The quantitative estimate of drug-likeness (QED) is 0.876. The highest BCUT2D eigenvalue weighted by Crippen LogP contribution is 2.41. The Balaban J connectivity index is 0.000000170. The Bertz CT molecular complexity index is 840. The smallest absolute Gasteiger partial charge is 0.239 e. The fraction of sp³-hybridized carbons (Fsp3) is 0.526. The molecule has 1 aliphatic carbocycles. The molecule has 1 N–H and O–H groups in total. The van der Waals surface area contributed by atoms with Crippen molar-refractivity contribution in [3.05, 3.63) is 34.1 Å². The molecule has 26 heavy (non-hydrogen) atoms. The van der Waals surface area contributed by atoms with Gasteiger partial charge in [0.15, 0.2) is 0 Å². The molecule has 1 saturated heterocycles. The van der Waals surface area contributed by atoms with Gasteiger partial charge >= 0.3 is 0 Å². The first-order valence-corrected chi connectivity index (χ1v) is 9.48. The predicted octanol–water partition coefficient (Wildman–Crippen LogP) is 2.70. The van der Waals surface area contributed by atoms with Crippen LogP contribution in [0.5, 0.6) is 0 Å². The third-order valence-corrected chi connectivity index (χ3v) is 5.29. The zero-order valence-electron chi connectivity index (χ0n) is 15.5. The number of carbonyl (C=O) groups excluding carboxylic acids is 2. The first-order chi connectivity index (χ1) is 12.4. The van der Waals surface area contributed by atoms with Crippen molar-refractivity contribution in [3.8, 4) is 0 Å². The Labute approximate surface area is 158 Å². The van der Waals surface area contributed by atoms with Crippen molar-refractivity contribution in [1.82, 2.24) is 19.8 Å². The number of carbonyl (C=O) groups is 2. The first-order valence-electron chi connectivity index (χ1n) is 9.10. The third kappa shape index (κ3) is 4.01. The fourth-order valence-corrected chi connectivity index (χ4v) is 3.31. The van der Waals surface area contributed by atoms with Gasteiger partial charge in [-0.05, 0) is 49.8 Å². The summed E-state index contributed by atoms with van der Waals surface area (Å²) >= 11 is 6.28. The number of rotatable bonds is 2. The molecule has 4 rings (SSSR count). The fourth-order valence-electron chi connectivity index (χ4n) is 3.13. The van der Waals surface area contributed by atoms with E-state index in [1.807, 2.05) is 11.4 Å².